The molecule has 0 radical (unpaired) electrons. The topological polar surface area (TPSA) is 31.4 Å². The number of rotatable bonds is 6. The van der Waals surface area contributed by atoms with Gasteiger partial charge in [0.2, 0.25) is 0 Å². The molecule has 3 rings (SSSR count). The minimum absolute atomic E-state index is 0.691. The number of aryl methyl sites for hydroxylation is 2. The molecule has 0 unspecified atom stereocenters. The first-order valence-electron chi connectivity index (χ1n) is 8.47. The van der Waals surface area contributed by atoms with Crippen LogP contribution in [-0.2, 0) is 0 Å². The van der Waals surface area contributed by atoms with Crippen molar-refractivity contribution in [2.45, 2.75) is 27.2 Å². The third-order valence-corrected chi connectivity index (χ3v) is 5.07. The van der Waals surface area contributed by atoms with Crippen molar-refractivity contribution >= 4 is 33.7 Å². The molecule has 25 heavy (non-hydrogen) atoms. The maximum atomic E-state index is 5.70. The summed E-state index contributed by atoms with van der Waals surface area (Å²) in [6, 6.07) is 10.3. The van der Waals surface area contributed by atoms with Crippen LogP contribution in [0.25, 0.3) is 22.4 Å². The van der Waals surface area contributed by atoms with E-state index in [0.29, 0.717) is 6.61 Å². The lowest BCUT2D eigenvalue weighted by Crippen LogP contribution is -1.97. The molecule has 0 bridgehead atoms. The molecule has 3 aromatic rings. The van der Waals surface area contributed by atoms with Crippen LogP contribution in [0, 0.1) is 13.8 Å². The van der Waals surface area contributed by atoms with Crippen LogP contribution in [0.15, 0.2) is 30.3 Å². The maximum absolute atomic E-state index is 5.70. The third-order valence-electron chi connectivity index (χ3n) is 4.09. The van der Waals surface area contributed by atoms with Gasteiger partial charge in [-0.2, -0.15) is 0 Å². The second-order valence-corrected chi connectivity index (χ2v) is 7.11. The van der Waals surface area contributed by atoms with Crippen LogP contribution in [0.2, 0.25) is 0 Å². The van der Waals surface area contributed by atoms with Crippen LogP contribution in [0.5, 0.6) is 11.5 Å². The minimum Gasteiger partial charge on any atom is -0.493 e. The SMILES string of the molecule is CCCOc1ccc(C=Cc2nc3cc(C)c(C)cc3s2)cc1OC. The molecular formula is C21H23NO2S. The molecule has 0 amide bonds. The summed E-state index contributed by atoms with van der Waals surface area (Å²) in [5, 5.41) is 1.00. The molecule has 0 atom stereocenters. The Labute approximate surface area is 152 Å². The van der Waals surface area contributed by atoms with Crippen molar-refractivity contribution in [2.75, 3.05) is 13.7 Å². The van der Waals surface area contributed by atoms with E-state index >= 15 is 0 Å². The summed E-state index contributed by atoms with van der Waals surface area (Å²) < 4.78 is 12.4. The number of benzene rings is 2. The van der Waals surface area contributed by atoms with E-state index in [0.717, 1.165) is 34.0 Å². The zero-order valence-corrected chi connectivity index (χ0v) is 15.9. The molecule has 0 saturated heterocycles. The number of thiazole rings is 1. The van der Waals surface area contributed by atoms with Crippen molar-refractivity contribution in [2.24, 2.45) is 0 Å². The van der Waals surface area contributed by atoms with Gasteiger partial charge in [0.15, 0.2) is 11.5 Å². The number of hydrogen-bond acceptors (Lipinski definition) is 4. The Kier molecular flexibility index (Phi) is 5.39. The average Bonchev–Trinajstić information content (AvgIpc) is 3.00. The Balaban J connectivity index is 1.84. The summed E-state index contributed by atoms with van der Waals surface area (Å²) in [4.78, 5) is 4.71. The van der Waals surface area contributed by atoms with E-state index in [9.17, 15) is 0 Å². The third kappa shape index (κ3) is 4.02. The van der Waals surface area contributed by atoms with Gasteiger partial charge >= 0.3 is 0 Å². The molecule has 1 aromatic heterocycles. The van der Waals surface area contributed by atoms with Crippen molar-refractivity contribution in [1.29, 1.82) is 0 Å². The Bertz CT molecular complexity index is 873. The second-order valence-electron chi connectivity index (χ2n) is 6.05. The molecule has 0 spiro atoms. The molecule has 0 fully saturated rings. The summed E-state index contributed by atoms with van der Waals surface area (Å²) in [6.45, 7) is 7.04. The van der Waals surface area contributed by atoms with E-state index < -0.39 is 0 Å². The van der Waals surface area contributed by atoms with Gasteiger partial charge in [-0.3, -0.25) is 0 Å². The van der Waals surface area contributed by atoms with Gasteiger partial charge in [-0.1, -0.05) is 19.1 Å². The highest BCUT2D eigenvalue weighted by Crippen LogP contribution is 2.30. The number of aromatic nitrogens is 1. The highest BCUT2D eigenvalue weighted by molar-refractivity contribution is 7.19. The van der Waals surface area contributed by atoms with Gasteiger partial charge in [-0.25, -0.2) is 4.98 Å². The Morgan fingerprint density at radius 2 is 1.84 bits per heavy atom. The summed E-state index contributed by atoms with van der Waals surface area (Å²) in [6.07, 6.45) is 5.08. The van der Waals surface area contributed by atoms with E-state index in [1.54, 1.807) is 18.4 Å². The predicted molar refractivity (Wildman–Crippen MR) is 107 cm³/mol. The fourth-order valence-corrected chi connectivity index (χ4v) is 3.51. The van der Waals surface area contributed by atoms with Crippen molar-refractivity contribution in [3.8, 4) is 11.5 Å². The highest BCUT2D eigenvalue weighted by atomic mass is 32.1. The van der Waals surface area contributed by atoms with E-state index in [1.807, 2.05) is 18.2 Å². The van der Waals surface area contributed by atoms with Crippen molar-refractivity contribution in [3.63, 3.8) is 0 Å². The molecule has 1 heterocycles. The van der Waals surface area contributed by atoms with Crippen LogP contribution in [0.1, 0.15) is 35.0 Å². The lowest BCUT2D eigenvalue weighted by molar-refractivity contribution is 0.294. The molecule has 0 aliphatic rings. The summed E-state index contributed by atoms with van der Waals surface area (Å²) >= 11 is 1.71. The maximum Gasteiger partial charge on any atom is 0.161 e. The first-order valence-corrected chi connectivity index (χ1v) is 9.29. The van der Waals surface area contributed by atoms with Gasteiger partial charge in [0.1, 0.15) is 5.01 Å². The zero-order chi connectivity index (χ0) is 17.8. The Morgan fingerprint density at radius 3 is 2.60 bits per heavy atom. The molecule has 0 N–H and O–H groups in total. The number of methoxy groups -OCH3 is 1. The Morgan fingerprint density at radius 1 is 1.04 bits per heavy atom. The lowest BCUT2D eigenvalue weighted by Gasteiger charge is -2.10. The largest absolute Gasteiger partial charge is 0.493 e. The average molecular weight is 353 g/mol. The number of hydrogen-bond donors (Lipinski definition) is 0. The number of ether oxygens (including phenoxy) is 2. The van der Waals surface area contributed by atoms with Crippen LogP contribution >= 0.6 is 11.3 Å². The van der Waals surface area contributed by atoms with Crippen molar-refractivity contribution in [1.82, 2.24) is 4.98 Å². The molecule has 0 saturated carbocycles. The normalized spacial score (nSPS) is 11.4. The van der Waals surface area contributed by atoms with Gasteiger partial charge in [0.05, 0.1) is 23.9 Å². The lowest BCUT2D eigenvalue weighted by atomic mass is 10.1. The first-order chi connectivity index (χ1) is 12.1. The number of nitrogens with zero attached hydrogens (tertiary/aromatic N) is 1. The predicted octanol–water partition coefficient (Wildman–Crippen LogP) is 5.88. The number of fused-ring (bicyclic) bond motifs is 1. The fourth-order valence-electron chi connectivity index (χ4n) is 2.56. The van der Waals surface area contributed by atoms with Gasteiger partial charge in [-0.15, -0.1) is 11.3 Å². The fraction of sp³-hybridized carbons (Fsp3) is 0.286. The molecule has 3 nitrogen and oxygen atoms in total. The van der Waals surface area contributed by atoms with Crippen molar-refractivity contribution < 1.29 is 9.47 Å². The van der Waals surface area contributed by atoms with Crippen molar-refractivity contribution in [3.05, 3.63) is 52.0 Å². The molecular weight excluding hydrogens is 330 g/mol. The summed E-state index contributed by atoms with van der Waals surface area (Å²) in [5.74, 6) is 1.54. The highest BCUT2D eigenvalue weighted by Gasteiger charge is 2.06. The van der Waals surface area contributed by atoms with Gasteiger partial charge in [0, 0.05) is 0 Å². The molecule has 0 aliphatic carbocycles. The minimum atomic E-state index is 0.691. The van der Waals surface area contributed by atoms with Crippen LogP contribution in [0.4, 0.5) is 0 Å². The molecule has 2 aromatic carbocycles. The second kappa shape index (κ2) is 7.70. The monoisotopic (exact) mass is 353 g/mol. The molecule has 4 heteroatoms. The van der Waals surface area contributed by atoms with E-state index in [4.69, 9.17) is 14.5 Å². The van der Waals surface area contributed by atoms with E-state index in [1.165, 1.54) is 15.8 Å². The Hall–Kier alpha value is -2.33. The smallest absolute Gasteiger partial charge is 0.161 e. The van der Waals surface area contributed by atoms with Crippen LogP contribution < -0.4 is 9.47 Å². The first kappa shape index (κ1) is 17.5. The van der Waals surface area contributed by atoms with Crippen LogP contribution in [0.3, 0.4) is 0 Å². The summed E-state index contributed by atoms with van der Waals surface area (Å²) in [7, 11) is 1.67. The van der Waals surface area contributed by atoms with Gasteiger partial charge < -0.3 is 9.47 Å². The zero-order valence-electron chi connectivity index (χ0n) is 15.1. The summed E-state index contributed by atoms with van der Waals surface area (Å²) in [5.41, 5.74) is 4.71. The standard InChI is InChI=1S/C21H23NO2S/c1-5-10-24-18-8-6-16(13-19(18)23-4)7-9-21-22-17-11-14(2)15(3)12-20(17)25-21/h6-9,11-13H,5,10H2,1-4H3. The van der Waals surface area contributed by atoms with Gasteiger partial charge in [0.25, 0.3) is 0 Å². The van der Waals surface area contributed by atoms with Crippen LogP contribution in [-0.4, -0.2) is 18.7 Å². The van der Waals surface area contributed by atoms with Gasteiger partial charge in [-0.05, 0) is 67.3 Å². The molecule has 0 aliphatic heterocycles. The van der Waals surface area contributed by atoms with E-state index in [-0.39, 0.29) is 0 Å². The van der Waals surface area contributed by atoms with E-state index in [2.05, 4.69) is 45.1 Å². The molecule has 130 valence electrons. The quantitative estimate of drug-likeness (QED) is 0.554.